The van der Waals surface area contributed by atoms with Gasteiger partial charge in [-0.2, -0.15) is 22.0 Å². The normalized spacial score (nSPS) is 12.4. The number of nitriles is 4. The van der Waals surface area contributed by atoms with Gasteiger partial charge in [0.2, 0.25) is 0 Å². The monoisotopic (exact) mass is 613 g/mol. The molecule has 0 aliphatic heterocycles. The summed E-state index contributed by atoms with van der Waals surface area (Å²) in [6, 6.07) is 17.9. The summed E-state index contributed by atoms with van der Waals surface area (Å²) in [5.74, 6) is -3.61. The molecule has 230 valence electrons. The van der Waals surface area contributed by atoms with Crippen molar-refractivity contribution in [2.24, 2.45) is 5.92 Å². The highest BCUT2D eigenvalue weighted by Gasteiger charge is 2.17. The Morgan fingerprint density at radius 2 is 1.33 bits per heavy atom. The first kappa shape index (κ1) is 37.4. The lowest BCUT2D eigenvalue weighted by Crippen LogP contribution is -3.11. The maximum Gasteiger partial charge on any atom is 0.335 e. The lowest BCUT2D eigenvalue weighted by atomic mass is 9.89. The molecular weight excluding hydrogens is 582 g/mol. The van der Waals surface area contributed by atoms with Crippen LogP contribution < -0.4 is 4.90 Å². The molecule has 11 heteroatoms. The van der Waals surface area contributed by atoms with Crippen molar-refractivity contribution < 1.29 is 24.7 Å². The molecule has 0 aromatic heterocycles. The van der Waals surface area contributed by atoms with Crippen molar-refractivity contribution >= 4 is 29.3 Å². The highest BCUT2D eigenvalue weighted by atomic mass is 16.4. The van der Waals surface area contributed by atoms with E-state index in [9.17, 15) is 36.0 Å². The number of benzene rings is 2. The van der Waals surface area contributed by atoms with Crippen LogP contribution in [0.4, 0.5) is 0 Å². The maximum absolute atomic E-state index is 11.2. The SMILES string of the molecule is CC[NH+](CC)CC.[C-]#[N+]/C(C#N)=C(/C(C#N)=C/C=C/C(C#N)=C(\c1ccc(C(=O)O)cc1)C(C#N)C=[N-])c1ccc(C(=O)O)cc1. The van der Waals surface area contributed by atoms with Gasteiger partial charge in [-0.25, -0.2) is 19.7 Å². The molecule has 0 saturated carbocycles. The standard InChI is InChI=1S/C29H15N6O4.C6H15N/c1-35-25(17-34)27(19-7-11-21(12-8-19)29(38)39)23(14-31)4-2-3-22(13-30)26(24(15-32)16-33)18-5-9-20(10-6-18)28(36)37;1-4-7(5-2)6-3/h2-12,15,24H,(H,36,37)(H,38,39);4-6H2,1-3H3/q-1;/p+1/b3-2+,23-4+,26-22-,27-25+;. The van der Waals surface area contributed by atoms with Crippen LogP contribution >= 0.6 is 0 Å². The van der Waals surface area contributed by atoms with Crippen molar-refractivity contribution in [1.82, 2.24) is 0 Å². The Morgan fingerprint density at radius 3 is 1.65 bits per heavy atom. The number of carboxylic acids is 2. The summed E-state index contributed by atoms with van der Waals surface area (Å²) in [4.78, 5) is 27.2. The Bertz CT molecular complexity index is 1740. The zero-order valence-electron chi connectivity index (χ0n) is 25.5. The van der Waals surface area contributed by atoms with Gasteiger partial charge in [-0.05, 0) is 73.9 Å². The van der Waals surface area contributed by atoms with Gasteiger partial charge in [-0.1, -0.05) is 30.3 Å². The van der Waals surface area contributed by atoms with Gasteiger partial charge >= 0.3 is 11.9 Å². The molecule has 1 atom stereocenters. The molecule has 0 spiro atoms. The zero-order chi connectivity index (χ0) is 34.6. The van der Waals surface area contributed by atoms with E-state index in [0.29, 0.717) is 11.8 Å². The zero-order valence-corrected chi connectivity index (χ0v) is 25.5. The van der Waals surface area contributed by atoms with E-state index in [0.717, 1.165) is 0 Å². The molecule has 0 radical (unpaired) electrons. The van der Waals surface area contributed by atoms with Gasteiger partial charge in [0.1, 0.15) is 0 Å². The molecule has 46 heavy (non-hydrogen) atoms. The number of quaternary nitrogens is 1. The van der Waals surface area contributed by atoms with Crippen LogP contribution in [0.2, 0.25) is 0 Å². The average Bonchev–Trinajstić information content (AvgIpc) is 3.08. The van der Waals surface area contributed by atoms with E-state index in [1.165, 1.54) is 86.4 Å². The summed E-state index contributed by atoms with van der Waals surface area (Å²) in [7, 11) is 0. The number of allylic oxidation sites excluding steroid dienone is 8. The molecule has 0 amide bonds. The molecule has 11 nitrogen and oxygen atoms in total. The molecular formula is C35H31N7O4. The summed E-state index contributed by atoms with van der Waals surface area (Å²) in [5, 5.41) is 66.4. The van der Waals surface area contributed by atoms with Gasteiger partial charge < -0.3 is 20.5 Å². The highest BCUT2D eigenvalue weighted by molar-refractivity contribution is 5.93. The third kappa shape index (κ3) is 10.3. The molecule has 2 aromatic carbocycles. The fraction of sp³-hybridized carbons (Fsp3) is 0.200. The topological polar surface area (TPSA) is 201 Å². The Labute approximate surface area is 268 Å². The summed E-state index contributed by atoms with van der Waals surface area (Å²) >= 11 is 0. The summed E-state index contributed by atoms with van der Waals surface area (Å²) < 4.78 is 0. The fourth-order valence-electron chi connectivity index (χ4n) is 4.16. The van der Waals surface area contributed by atoms with Crippen LogP contribution in [0, 0.1) is 57.8 Å². The van der Waals surface area contributed by atoms with Crippen molar-refractivity contribution in [2.45, 2.75) is 20.8 Å². The van der Waals surface area contributed by atoms with Crippen LogP contribution in [0.3, 0.4) is 0 Å². The summed E-state index contributed by atoms with van der Waals surface area (Å²) in [6.07, 6.45) is 4.34. The molecule has 2 aromatic rings. The Kier molecular flexibility index (Phi) is 15.9. The van der Waals surface area contributed by atoms with E-state index in [4.69, 9.17) is 16.8 Å². The Hall–Kier alpha value is -6.58. The van der Waals surface area contributed by atoms with Crippen LogP contribution in [-0.2, 0) is 0 Å². The predicted molar refractivity (Wildman–Crippen MR) is 172 cm³/mol. The van der Waals surface area contributed by atoms with E-state index in [1.54, 1.807) is 11.0 Å². The highest BCUT2D eigenvalue weighted by Crippen LogP contribution is 2.29. The van der Waals surface area contributed by atoms with Crippen molar-refractivity contribution in [3.05, 3.63) is 123 Å². The van der Waals surface area contributed by atoms with Crippen LogP contribution in [0.25, 0.3) is 21.4 Å². The van der Waals surface area contributed by atoms with Crippen LogP contribution in [0.15, 0.2) is 83.6 Å². The second-order valence-electron chi connectivity index (χ2n) is 9.27. The fourth-order valence-corrected chi connectivity index (χ4v) is 4.16. The second-order valence-corrected chi connectivity index (χ2v) is 9.27. The quantitative estimate of drug-likeness (QED) is 0.129. The first-order valence-corrected chi connectivity index (χ1v) is 13.9. The number of carbonyl (C=O) groups is 2. The molecule has 0 bridgehead atoms. The number of nitrogens with zero attached hydrogens (tertiary/aromatic N) is 6. The van der Waals surface area contributed by atoms with Crippen molar-refractivity contribution in [3.63, 3.8) is 0 Å². The van der Waals surface area contributed by atoms with Gasteiger partial charge in [0, 0.05) is 5.57 Å². The molecule has 2 rings (SSSR count). The molecule has 0 heterocycles. The smallest absolute Gasteiger partial charge is 0.335 e. The first-order chi connectivity index (χ1) is 22.1. The number of rotatable bonds is 12. The Morgan fingerprint density at radius 1 is 0.848 bits per heavy atom. The van der Waals surface area contributed by atoms with Crippen LogP contribution in [0.5, 0.6) is 0 Å². The second kappa shape index (κ2) is 19.6. The van der Waals surface area contributed by atoms with Crippen molar-refractivity contribution in [2.75, 3.05) is 19.6 Å². The van der Waals surface area contributed by atoms with Gasteiger partial charge in [0.15, 0.2) is 0 Å². The minimum atomic E-state index is -1.25. The minimum Gasteiger partial charge on any atom is -0.813 e. The van der Waals surface area contributed by atoms with E-state index in [-0.39, 0.29) is 39.0 Å². The van der Waals surface area contributed by atoms with Crippen molar-refractivity contribution in [1.29, 1.82) is 21.0 Å². The van der Waals surface area contributed by atoms with Gasteiger partial charge in [0.05, 0.1) is 78.7 Å². The van der Waals surface area contributed by atoms with Gasteiger partial charge in [-0.15, -0.1) is 0 Å². The van der Waals surface area contributed by atoms with Crippen LogP contribution in [0.1, 0.15) is 52.6 Å². The van der Waals surface area contributed by atoms with Crippen LogP contribution in [-0.4, -0.2) is 48.0 Å². The molecule has 0 aliphatic rings. The van der Waals surface area contributed by atoms with E-state index in [2.05, 4.69) is 25.6 Å². The maximum atomic E-state index is 11.2. The lowest BCUT2D eigenvalue weighted by molar-refractivity contribution is -0.894. The molecule has 0 aliphatic carbocycles. The number of nitrogens with one attached hydrogen (secondary N) is 1. The number of hydrogen-bond donors (Lipinski definition) is 3. The molecule has 0 saturated heterocycles. The van der Waals surface area contributed by atoms with Gasteiger partial charge in [0.25, 0.3) is 5.70 Å². The lowest BCUT2D eigenvalue weighted by Gasteiger charge is -2.14. The minimum absolute atomic E-state index is 0.0287. The number of carboxylic acid groups (broad SMARTS) is 2. The van der Waals surface area contributed by atoms with E-state index in [1.807, 2.05) is 18.2 Å². The summed E-state index contributed by atoms with van der Waals surface area (Å²) in [5.41, 5.74) is -0.175. The van der Waals surface area contributed by atoms with Crippen molar-refractivity contribution in [3.8, 4) is 24.3 Å². The average molecular weight is 614 g/mol. The Balaban J connectivity index is 0.00000135. The molecule has 1 unspecified atom stereocenters. The molecule has 0 fully saturated rings. The molecule has 3 N–H and O–H groups in total. The number of hydrogen-bond acceptors (Lipinski definition) is 6. The third-order valence-electron chi connectivity index (χ3n) is 6.74. The van der Waals surface area contributed by atoms with Gasteiger partial charge in [-0.3, -0.25) is 0 Å². The third-order valence-corrected chi connectivity index (χ3v) is 6.74. The largest absolute Gasteiger partial charge is 0.813 e. The predicted octanol–water partition coefficient (Wildman–Crippen LogP) is 4.93. The van der Waals surface area contributed by atoms with E-state index >= 15 is 0 Å². The number of aromatic carboxylic acids is 2. The first-order valence-electron chi connectivity index (χ1n) is 13.9. The summed E-state index contributed by atoms with van der Waals surface area (Å²) in [6.45, 7) is 17.8. The van der Waals surface area contributed by atoms with E-state index < -0.39 is 23.6 Å².